The van der Waals surface area contributed by atoms with E-state index in [-0.39, 0.29) is 5.75 Å². The van der Waals surface area contributed by atoms with Gasteiger partial charge >= 0.3 is 6.18 Å². The van der Waals surface area contributed by atoms with E-state index >= 15 is 0 Å². The zero-order valence-electron chi connectivity index (χ0n) is 10.0. The summed E-state index contributed by atoms with van der Waals surface area (Å²) in [5.74, 6) is 0.197. The molecule has 0 saturated carbocycles. The van der Waals surface area contributed by atoms with Crippen LogP contribution in [-0.2, 0) is 12.6 Å². The van der Waals surface area contributed by atoms with Gasteiger partial charge in [-0.2, -0.15) is 13.2 Å². The first-order chi connectivity index (χ1) is 8.45. The van der Waals surface area contributed by atoms with Crippen LogP contribution in [-0.4, -0.2) is 12.1 Å². The molecule has 1 heterocycles. The second-order valence-electron chi connectivity index (χ2n) is 3.91. The Hall–Kier alpha value is -1.78. The first-order valence-electron chi connectivity index (χ1n) is 5.50. The number of benzene rings is 1. The van der Waals surface area contributed by atoms with Gasteiger partial charge in [-0.3, -0.25) is 0 Å². The van der Waals surface area contributed by atoms with E-state index in [1.54, 1.807) is 18.2 Å². The van der Waals surface area contributed by atoms with Crippen molar-refractivity contribution >= 4 is 10.9 Å². The number of halogens is 3. The Morgan fingerprint density at radius 2 is 1.94 bits per heavy atom. The molecule has 2 nitrogen and oxygen atoms in total. The summed E-state index contributed by atoms with van der Waals surface area (Å²) in [6.07, 6.45) is -3.66. The third-order valence-corrected chi connectivity index (χ3v) is 2.75. The van der Waals surface area contributed by atoms with Gasteiger partial charge in [0.25, 0.3) is 0 Å². The summed E-state index contributed by atoms with van der Waals surface area (Å²) in [7, 11) is 1.35. The molecule has 0 radical (unpaired) electrons. The van der Waals surface area contributed by atoms with E-state index in [0.717, 1.165) is 18.1 Å². The second kappa shape index (κ2) is 4.48. The average Bonchev–Trinajstić information content (AvgIpc) is 2.35. The first kappa shape index (κ1) is 12.7. The van der Waals surface area contributed by atoms with Gasteiger partial charge in [-0.15, -0.1) is 0 Å². The van der Waals surface area contributed by atoms with Gasteiger partial charge in [0.2, 0.25) is 0 Å². The summed E-state index contributed by atoms with van der Waals surface area (Å²) >= 11 is 0. The number of fused-ring (bicyclic) bond motifs is 1. The minimum Gasteiger partial charge on any atom is -0.496 e. The first-order valence-corrected chi connectivity index (χ1v) is 5.50. The van der Waals surface area contributed by atoms with Gasteiger partial charge in [-0.25, -0.2) is 4.98 Å². The van der Waals surface area contributed by atoms with Crippen molar-refractivity contribution in [1.29, 1.82) is 0 Å². The van der Waals surface area contributed by atoms with Gasteiger partial charge in [0.15, 0.2) is 0 Å². The largest absolute Gasteiger partial charge is 0.496 e. The molecule has 0 saturated heterocycles. The predicted octanol–water partition coefficient (Wildman–Crippen LogP) is 3.82. The van der Waals surface area contributed by atoms with Crippen LogP contribution in [0.3, 0.4) is 0 Å². The quantitative estimate of drug-likeness (QED) is 0.813. The van der Waals surface area contributed by atoms with Crippen LogP contribution in [0.1, 0.15) is 18.2 Å². The Morgan fingerprint density at radius 1 is 1.22 bits per heavy atom. The Morgan fingerprint density at radius 3 is 2.50 bits per heavy atom. The van der Waals surface area contributed by atoms with Crippen molar-refractivity contribution in [3.8, 4) is 5.75 Å². The van der Waals surface area contributed by atoms with E-state index in [0.29, 0.717) is 10.9 Å². The highest BCUT2D eigenvalue weighted by Crippen LogP contribution is 2.34. The normalized spacial score (nSPS) is 11.8. The van der Waals surface area contributed by atoms with Gasteiger partial charge in [-0.05, 0) is 24.1 Å². The van der Waals surface area contributed by atoms with E-state index in [2.05, 4.69) is 4.98 Å². The van der Waals surface area contributed by atoms with Gasteiger partial charge in [0.1, 0.15) is 11.4 Å². The number of hydrogen-bond acceptors (Lipinski definition) is 2. The molecular formula is C13H12F3NO. The highest BCUT2D eigenvalue weighted by atomic mass is 19.4. The smallest absolute Gasteiger partial charge is 0.433 e. The molecule has 0 fully saturated rings. The number of nitrogens with zero attached hydrogens (tertiary/aromatic N) is 1. The third kappa shape index (κ3) is 2.25. The molecule has 0 N–H and O–H groups in total. The molecule has 1 aromatic carbocycles. The summed E-state index contributed by atoms with van der Waals surface area (Å²) in [5.41, 5.74) is 0.386. The fraction of sp³-hybridized carbons (Fsp3) is 0.308. The van der Waals surface area contributed by atoms with E-state index < -0.39 is 11.9 Å². The molecule has 2 aromatic rings. The molecule has 96 valence electrons. The van der Waals surface area contributed by atoms with Gasteiger partial charge in [0, 0.05) is 11.5 Å². The maximum absolute atomic E-state index is 12.7. The van der Waals surface area contributed by atoms with Crippen molar-refractivity contribution in [3.05, 3.63) is 35.5 Å². The lowest BCUT2D eigenvalue weighted by Gasteiger charge is -2.11. The lowest BCUT2D eigenvalue weighted by molar-refractivity contribution is -0.141. The molecule has 0 aliphatic carbocycles. The number of rotatable bonds is 2. The van der Waals surface area contributed by atoms with Crippen LogP contribution >= 0.6 is 0 Å². The monoisotopic (exact) mass is 255 g/mol. The predicted molar refractivity (Wildman–Crippen MR) is 62.7 cm³/mol. The van der Waals surface area contributed by atoms with Crippen LogP contribution in [0, 0.1) is 0 Å². The Kier molecular flexibility index (Phi) is 3.15. The zero-order valence-corrected chi connectivity index (χ0v) is 10.0. The Labute approximate surface area is 102 Å². The van der Waals surface area contributed by atoms with Gasteiger partial charge in [0.05, 0.1) is 12.6 Å². The molecule has 2 rings (SSSR count). The van der Waals surface area contributed by atoms with Crippen LogP contribution in [0.15, 0.2) is 24.3 Å². The number of methoxy groups -OCH3 is 1. The van der Waals surface area contributed by atoms with Crippen molar-refractivity contribution in [2.24, 2.45) is 0 Å². The number of aryl methyl sites for hydroxylation is 1. The molecule has 0 atom stereocenters. The maximum atomic E-state index is 12.7. The molecule has 0 aliphatic heterocycles. The number of alkyl halides is 3. The lowest BCUT2D eigenvalue weighted by Crippen LogP contribution is -2.08. The van der Waals surface area contributed by atoms with Crippen molar-refractivity contribution in [2.45, 2.75) is 19.5 Å². The molecule has 0 spiro atoms. The van der Waals surface area contributed by atoms with Gasteiger partial charge in [-0.1, -0.05) is 13.0 Å². The van der Waals surface area contributed by atoms with Crippen LogP contribution in [0.4, 0.5) is 13.2 Å². The summed E-state index contributed by atoms with van der Waals surface area (Å²) in [6.45, 7) is 1.98. The van der Waals surface area contributed by atoms with Crippen LogP contribution in [0.25, 0.3) is 10.9 Å². The van der Waals surface area contributed by atoms with Crippen molar-refractivity contribution in [3.63, 3.8) is 0 Å². The van der Waals surface area contributed by atoms with Crippen LogP contribution < -0.4 is 4.74 Å². The number of hydrogen-bond donors (Lipinski definition) is 0. The second-order valence-corrected chi connectivity index (χ2v) is 3.91. The average molecular weight is 255 g/mol. The van der Waals surface area contributed by atoms with E-state index in [1.165, 1.54) is 7.11 Å². The molecular weight excluding hydrogens is 243 g/mol. The number of ether oxygens (including phenoxy) is 1. The molecule has 5 heteroatoms. The van der Waals surface area contributed by atoms with Crippen LogP contribution in [0.5, 0.6) is 5.75 Å². The van der Waals surface area contributed by atoms with Crippen molar-refractivity contribution < 1.29 is 17.9 Å². The minimum atomic E-state index is -4.47. The molecule has 18 heavy (non-hydrogen) atoms. The summed E-state index contributed by atoms with van der Waals surface area (Å²) in [6, 6.07) is 6.10. The van der Waals surface area contributed by atoms with E-state index in [9.17, 15) is 13.2 Å². The van der Waals surface area contributed by atoms with E-state index in [4.69, 9.17) is 4.74 Å². The zero-order chi connectivity index (χ0) is 13.3. The Balaban J connectivity index is 2.71. The van der Waals surface area contributed by atoms with Crippen molar-refractivity contribution in [2.75, 3.05) is 7.11 Å². The molecule has 0 amide bonds. The molecule has 0 unspecified atom stereocenters. The molecule has 1 aromatic heterocycles. The molecule has 0 bridgehead atoms. The highest BCUT2D eigenvalue weighted by molar-refractivity contribution is 5.86. The van der Waals surface area contributed by atoms with Crippen molar-refractivity contribution in [1.82, 2.24) is 4.98 Å². The topological polar surface area (TPSA) is 22.1 Å². The highest BCUT2D eigenvalue weighted by Gasteiger charge is 2.33. The fourth-order valence-corrected chi connectivity index (χ4v) is 1.78. The van der Waals surface area contributed by atoms with E-state index in [1.807, 2.05) is 6.92 Å². The summed E-state index contributed by atoms with van der Waals surface area (Å²) in [5, 5.41) is 0.602. The fourth-order valence-electron chi connectivity index (χ4n) is 1.78. The van der Waals surface area contributed by atoms with Crippen LogP contribution in [0.2, 0.25) is 0 Å². The number of pyridine rings is 1. The maximum Gasteiger partial charge on any atom is 0.433 e. The standard InChI is InChI=1S/C13H12F3NO/c1-3-8-4-5-10-9(6-8)11(18-2)7-12(17-10)13(14,15)16/h4-7H,3H2,1-2H3. The number of aromatic nitrogens is 1. The minimum absolute atomic E-state index is 0.197. The molecule has 0 aliphatic rings. The summed E-state index contributed by atoms with van der Waals surface area (Å²) in [4.78, 5) is 3.63. The SMILES string of the molecule is CCc1ccc2nc(C(F)(F)F)cc(OC)c2c1. The summed E-state index contributed by atoms with van der Waals surface area (Å²) < 4.78 is 43.0. The lowest BCUT2D eigenvalue weighted by atomic mass is 10.1. The third-order valence-electron chi connectivity index (χ3n) is 2.75. The van der Waals surface area contributed by atoms with Gasteiger partial charge < -0.3 is 4.74 Å². The Bertz CT molecular complexity index is 578.